The summed E-state index contributed by atoms with van der Waals surface area (Å²) in [7, 11) is 0. The predicted octanol–water partition coefficient (Wildman–Crippen LogP) is 1.72. The van der Waals surface area contributed by atoms with Crippen molar-refractivity contribution in [2.75, 3.05) is 26.2 Å². The van der Waals surface area contributed by atoms with Gasteiger partial charge in [0.2, 0.25) is 0 Å². The van der Waals surface area contributed by atoms with Crippen LogP contribution in [0, 0.1) is 0 Å². The average molecular weight is 284 g/mol. The minimum atomic E-state index is -0.486. The number of nitrogens with two attached hydrogens (primary N) is 1. The molecular weight excluding hydrogens is 256 g/mol. The van der Waals surface area contributed by atoms with Crippen molar-refractivity contribution >= 4 is 12.1 Å². The first kappa shape index (κ1) is 18.3. The molecule has 0 unspecified atom stereocenters. The lowest BCUT2D eigenvalue weighted by atomic mass is 10.2. The first-order valence-corrected chi connectivity index (χ1v) is 6.81. The molecule has 0 aromatic heterocycles. The Kier molecular flexibility index (Phi) is 7.72. The molecule has 6 heteroatoms. The molecule has 20 heavy (non-hydrogen) atoms. The van der Waals surface area contributed by atoms with Crippen molar-refractivity contribution in [1.29, 1.82) is 0 Å². The first-order valence-electron chi connectivity index (χ1n) is 6.81. The minimum absolute atomic E-state index is 0.320. The topological polar surface area (TPSA) is 80.0 Å². The zero-order valence-electron chi connectivity index (χ0n) is 13.3. The van der Waals surface area contributed by atoms with E-state index in [2.05, 4.69) is 16.9 Å². The molecule has 0 radical (unpaired) electrons. The Balaban J connectivity index is 4.17. The second kappa shape index (κ2) is 8.45. The zero-order valence-corrected chi connectivity index (χ0v) is 13.3. The normalized spacial score (nSPS) is 11.9. The summed E-state index contributed by atoms with van der Waals surface area (Å²) in [5.74, 6) is 0.355. The monoisotopic (exact) mass is 284 g/mol. The predicted molar refractivity (Wildman–Crippen MR) is 82.8 cm³/mol. The number of rotatable bonds is 6. The molecule has 0 rings (SSSR count). The van der Waals surface area contributed by atoms with Gasteiger partial charge in [0.1, 0.15) is 5.60 Å². The molecule has 6 nitrogen and oxygen atoms in total. The number of hydrogen-bond acceptors (Lipinski definition) is 3. The quantitative estimate of drug-likeness (QED) is 0.442. The number of nitrogens with one attached hydrogen (secondary N) is 1. The van der Waals surface area contributed by atoms with Gasteiger partial charge in [0, 0.05) is 19.6 Å². The number of amides is 1. The van der Waals surface area contributed by atoms with E-state index in [0.29, 0.717) is 32.1 Å². The van der Waals surface area contributed by atoms with Crippen LogP contribution >= 0.6 is 0 Å². The second-order valence-corrected chi connectivity index (χ2v) is 5.65. The van der Waals surface area contributed by atoms with Crippen molar-refractivity contribution in [3.8, 4) is 0 Å². The Morgan fingerprint density at radius 1 is 1.45 bits per heavy atom. The van der Waals surface area contributed by atoms with Crippen LogP contribution in [0.25, 0.3) is 0 Å². The van der Waals surface area contributed by atoms with Gasteiger partial charge in [-0.3, -0.25) is 0 Å². The summed E-state index contributed by atoms with van der Waals surface area (Å²) in [5, 5.41) is 2.96. The molecule has 0 aromatic rings. The summed E-state index contributed by atoms with van der Waals surface area (Å²) in [6, 6.07) is 0. The van der Waals surface area contributed by atoms with Crippen molar-refractivity contribution in [2.45, 2.75) is 40.2 Å². The van der Waals surface area contributed by atoms with Gasteiger partial charge in [-0.05, 0) is 34.6 Å². The SMILES string of the molecule is C=C(C)CN=C(N)NCCN(CC)C(=O)OC(C)(C)C. The number of carbonyl (C=O) groups excluding carboxylic acids is 1. The Hall–Kier alpha value is -1.72. The highest BCUT2D eigenvalue weighted by molar-refractivity contribution is 5.78. The zero-order chi connectivity index (χ0) is 15.8. The van der Waals surface area contributed by atoms with Gasteiger partial charge in [0.15, 0.2) is 5.96 Å². The van der Waals surface area contributed by atoms with Gasteiger partial charge in [-0.25, -0.2) is 9.79 Å². The summed E-state index contributed by atoms with van der Waals surface area (Å²) in [6.07, 6.45) is -0.320. The lowest BCUT2D eigenvalue weighted by Gasteiger charge is -2.26. The fourth-order valence-corrected chi connectivity index (χ4v) is 1.30. The number of nitrogens with zero attached hydrogens (tertiary/aromatic N) is 2. The summed E-state index contributed by atoms with van der Waals surface area (Å²) in [5.41, 5.74) is 6.15. The van der Waals surface area contributed by atoms with Crippen molar-refractivity contribution < 1.29 is 9.53 Å². The minimum Gasteiger partial charge on any atom is -0.444 e. The van der Waals surface area contributed by atoms with Crippen LogP contribution in [0.2, 0.25) is 0 Å². The standard InChI is InChI=1S/C14H28N4O2/c1-7-18(13(19)20-14(4,5)6)9-8-16-12(15)17-10-11(2)3/h2,7-10H2,1,3-6H3,(H3,15,16,17). The van der Waals surface area contributed by atoms with Crippen molar-refractivity contribution in [3.63, 3.8) is 0 Å². The van der Waals surface area contributed by atoms with Gasteiger partial charge in [-0.1, -0.05) is 12.2 Å². The average Bonchev–Trinajstić information content (AvgIpc) is 2.29. The van der Waals surface area contributed by atoms with E-state index >= 15 is 0 Å². The lowest BCUT2D eigenvalue weighted by Crippen LogP contribution is -2.42. The first-order chi connectivity index (χ1) is 9.15. The largest absolute Gasteiger partial charge is 0.444 e. The summed E-state index contributed by atoms with van der Waals surface area (Å²) in [6.45, 7) is 15.2. The van der Waals surface area contributed by atoms with E-state index in [0.717, 1.165) is 5.57 Å². The number of ether oxygens (including phenoxy) is 1. The van der Waals surface area contributed by atoms with E-state index in [1.165, 1.54) is 0 Å². The Bertz CT molecular complexity index is 359. The molecule has 0 bridgehead atoms. The van der Waals surface area contributed by atoms with Crippen LogP contribution in [0.1, 0.15) is 34.6 Å². The van der Waals surface area contributed by atoms with Crippen LogP contribution in [0.15, 0.2) is 17.1 Å². The van der Waals surface area contributed by atoms with Crippen LogP contribution in [-0.2, 0) is 4.74 Å². The van der Waals surface area contributed by atoms with Gasteiger partial charge in [0.25, 0.3) is 0 Å². The summed E-state index contributed by atoms with van der Waals surface area (Å²) >= 11 is 0. The Morgan fingerprint density at radius 2 is 2.05 bits per heavy atom. The molecular formula is C14H28N4O2. The van der Waals surface area contributed by atoms with E-state index in [1.54, 1.807) is 4.90 Å². The van der Waals surface area contributed by atoms with Gasteiger partial charge in [0.05, 0.1) is 6.54 Å². The third kappa shape index (κ3) is 9.24. The molecule has 0 saturated heterocycles. The summed E-state index contributed by atoms with van der Waals surface area (Å²) in [4.78, 5) is 17.6. The second-order valence-electron chi connectivity index (χ2n) is 5.65. The number of likely N-dealkylation sites (N-methyl/N-ethyl adjacent to an activating group) is 1. The maximum atomic E-state index is 11.9. The lowest BCUT2D eigenvalue weighted by molar-refractivity contribution is 0.0264. The fraction of sp³-hybridized carbons (Fsp3) is 0.714. The highest BCUT2D eigenvalue weighted by Crippen LogP contribution is 2.09. The molecule has 0 aliphatic heterocycles. The van der Waals surface area contributed by atoms with Crippen molar-refractivity contribution in [1.82, 2.24) is 10.2 Å². The number of hydrogen-bond donors (Lipinski definition) is 2. The maximum Gasteiger partial charge on any atom is 0.410 e. The van der Waals surface area contributed by atoms with E-state index < -0.39 is 5.60 Å². The highest BCUT2D eigenvalue weighted by atomic mass is 16.6. The Labute approximate surface area is 122 Å². The molecule has 0 heterocycles. The van der Waals surface area contributed by atoms with Crippen LogP contribution in [0.4, 0.5) is 4.79 Å². The van der Waals surface area contributed by atoms with E-state index in [-0.39, 0.29) is 6.09 Å². The van der Waals surface area contributed by atoms with Gasteiger partial charge >= 0.3 is 6.09 Å². The molecule has 0 fully saturated rings. The van der Waals surface area contributed by atoms with Crippen molar-refractivity contribution in [3.05, 3.63) is 12.2 Å². The maximum absolute atomic E-state index is 11.9. The molecule has 0 aromatic carbocycles. The Morgan fingerprint density at radius 3 is 2.50 bits per heavy atom. The fourth-order valence-electron chi connectivity index (χ4n) is 1.30. The van der Waals surface area contributed by atoms with E-state index in [4.69, 9.17) is 10.5 Å². The van der Waals surface area contributed by atoms with Crippen LogP contribution < -0.4 is 11.1 Å². The van der Waals surface area contributed by atoms with Gasteiger partial charge in [-0.2, -0.15) is 0 Å². The molecule has 0 saturated carbocycles. The van der Waals surface area contributed by atoms with Crippen LogP contribution in [-0.4, -0.2) is 48.7 Å². The molecule has 3 N–H and O–H groups in total. The molecule has 0 aliphatic rings. The van der Waals surface area contributed by atoms with E-state index in [9.17, 15) is 4.79 Å². The molecule has 116 valence electrons. The third-order valence-corrected chi connectivity index (χ3v) is 2.24. The molecule has 0 spiro atoms. The number of carbonyl (C=O) groups is 1. The van der Waals surface area contributed by atoms with Crippen molar-refractivity contribution in [2.24, 2.45) is 10.7 Å². The van der Waals surface area contributed by atoms with Gasteiger partial charge in [-0.15, -0.1) is 0 Å². The molecule has 0 aliphatic carbocycles. The van der Waals surface area contributed by atoms with E-state index in [1.807, 2.05) is 34.6 Å². The molecule has 0 atom stereocenters. The number of aliphatic imine (C=N–C) groups is 1. The number of guanidine groups is 1. The summed E-state index contributed by atoms with van der Waals surface area (Å²) < 4.78 is 5.31. The third-order valence-electron chi connectivity index (χ3n) is 2.24. The van der Waals surface area contributed by atoms with Crippen LogP contribution in [0.5, 0.6) is 0 Å². The molecule has 1 amide bonds. The smallest absolute Gasteiger partial charge is 0.410 e. The van der Waals surface area contributed by atoms with Crippen LogP contribution in [0.3, 0.4) is 0 Å². The van der Waals surface area contributed by atoms with Gasteiger partial charge < -0.3 is 20.7 Å². The highest BCUT2D eigenvalue weighted by Gasteiger charge is 2.20.